The van der Waals surface area contributed by atoms with Gasteiger partial charge in [0, 0.05) is 12.5 Å². The molecular weight excluding hydrogens is 250 g/mol. The second-order valence-electron chi connectivity index (χ2n) is 4.87. The highest BCUT2D eigenvalue weighted by molar-refractivity contribution is 7.89. The van der Waals surface area contributed by atoms with Gasteiger partial charge in [-0.25, -0.2) is 13.6 Å². The predicted octanol–water partition coefficient (Wildman–Crippen LogP) is 1.73. The molecule has 0 aromatic heterocycles. The molecule has 18 heavy (non-hydrogen) atoms. The van der Waals surface area contributed by atoms with Gasteiger partial charge in [-0.1, -0.05) is 44.2 Å². The average Bonchev–Trinajstić information content (AvgIpc) is 2.27. The van der Waals surface area contributed by atoms with E-state index in [1.807, 2.05) is 30.3 Å². The first-order valence-electron chi connectivity index (χ1n) is 6.01. The molecular formula is C13H21NO3S. The van der Waals surface area contributed by atoms with Crippen LogP contribution in [0.15, 0.2) is 30.3 Å². The van der Waals surface area contributed by atoms with Crippen LogP contribution in [0.5, 0.6) is 0 Å². The lowest BCUT2D eigenvalue weighted by Crippen LogP contribution is -2.25. The molecule has 0 spiro atoms. The fourth-order valence-corrected chi connectivity index (χ4v) is 2.54. The van der Waals surface area contributed by atoms with Crippen molar-refractivity contribution in [3.63, 3.8) is 0 Å². The van der Waals surface area contributed by atoms with Crippen LogP contribution >= 0.6 is 0 Å². The Morgan fingerprint density at radius 1 is 1.17 bits per heavy atom. The number of hydrogen-bond donors (Lipinski definition) is 1. The van der Waals surface area contributed by atoms with Crippen LogP contribution in [-0.2, 0) is 14.8 Å². The van der Waals surface area contributed by atoms with Crippen LogP contribution < -0.4 is 5.14 Å². The highest BCUT2D eigenvalue weighted by Gasteiger charge is 2.18. The number of benzene rings is 1. The molecule has 2 N–H and O–H groups in total. The summed E-state index contributed by atoms with van der Waals surface area (Å²) < 4.78 is 28.0. The van der Waals surface area contributed by atoms with Crippen molar-refractivity contribution in [2.24, 2.45) is 11.1 Å². The molecule has 4 nitrogen and oxygen atoms in total. The highest BCUT2D eigenvalue weighted by Crippen LogP contribution is 2.17. The van der Waals surface area contributed by atoms with E-state index in [0.29, 0.717) is 19.1 Å². The fourth-order valence-electron chi connectivity index (χ4n) is 1.69. The standard InChI is InChI=1S/C13H21NO3S/c1-11(2)8-17-9-13(10-18(14,15)16)12-6-4-3-5-7-12/h3-7,11,13H,8-10H2,1-2H3,(H2,14,15,16). The van der Waals surface area contributed by atoms with Gasteiger partial charge in [-0.05, 0) is 11.5 Å². The molecule has 0 saturated carbocycles. The first-order chi connectivity index (χ1) is 8.38. The third kappa shape index (κ3) is 6.14. The molecule has 1 aromatic carbocycles. The van der Waals surface area contributed by atoms with Crippen molar-refractivity contribution in [1.29, 1.82) is 0 Å². The maximum atomic E-state index is 11.2. The van der Waals surface area contributed by atoms with Crippen LogP contribution in [0.1, 0.15) is 25.3 Å². The molecule has 1 unspecified atom stereocenters. The van der Waals surface area contributed by atoms with Gasteiger partial charge in [0.05, 0.1) is 12.4 Å². The molecule has 0 aliphatic rings. The van der Waals surface area contributed by atoms with Crippen molar-refractivity contribution in [2.45, 2.75) is 19.8 Å². The summed E-state index contributed by atoms with van der Waals surface area (Å²) in [6.45, 7) is 5.10. The molecule has 0 saturated heterocycles. The minimum atomic E-state index is -3.50. The smallest absolute Gasteiger partial charge is 0.209 e. The van der Waals surface area contributed by atoms with Gasteiger partial charge in [-0.3, -0.25) is 0 Å². The fraction of sp³-hybridized carbons (Fsp3) is 0.538. The summed E-state index contributed by atoms with van der Waals surface area (Å²) in [7, 11) is -3.50. The molecule has 5 heteroatoms. The lowest BCUT2D eigenvalue weighted by atomic mass is 10.0. The van der Waals surface area contributed by atoms with E-state index in [4.69, 9.17) is 9.88 Å². The van der Waals surface area contributed by atoms with Crippen LogP contribution in [0.4, 0.5) is 0 Å². The summed E-state index contributed by atoms with van der Waals surface area (Å²) in [6.07, 6.45) is 0. The molecule has 0 heterocycles. The third-order valence-corrected chi connectivity index (χ3v) is 3.34. The minimum absolute atomic E-state index is 0.0882. The predicted molar refractivity (Wildman–Crippen MR) is 72.8 cm³/mol. The van der Waals surface area contributed by atoms with E-state index >= 15 is 0 Å². The van der Waals surface area contributed by atoms with Crippen LogP contribution in [0, 0.1) is 5.92 Å². The highest BCUT2D eigenvalue weighted by atomic mass is 32.2. The van der Waals surface area contributed by atoms with Gasteiger partial charge in [-0.2, -0.15) is 0 Å². The van der Waals surface area contributed by atoms with Gasteiger partial charge in [0.25, 0.3) is 0 Å². The van der Waals surface area contributed by atoms with Crippen molar-refractivity contribution < 1.29 is 13.2 Å². The van der Waals surface area contributed by atoms with Crippen molar-refractivity contribution >= 4 is 10.0 Å². The normalized spacial score (nSPS) is 13.8. The third-order valence-electron chi connectivity index (χ3n) is 2.47. The molecule has 0 aliphatic carbocycles. The Bertz CT molecular complexity index is 443. The van der Waals surface area contributed by atoms with E-state index in [1.54, 1.807) is 0 Å². The van der Waals surface area contributed by atoms with Crippen molar-refractivity contribution in [1.82, 2.24) is 0 Å². The Morgan fingerprint density at radius 2 is 1.78 bits per heavy atom. The number of hydrogen-bond acceptors (Lipinski definition) is 3. The first-order valence-corrected chi connectivity index (χ1v) is 7.73. The topological polar surface area (TPSA) is 69.4 Å². The number of ether oxygens (including phenoxy) is 1. The molecule has 0 amide bonds. The maximum Gasteiger partial charge on any atom is 0.209 e. The van der Waals surface area contributed by atoms with Crippen molar-refractivity contribution in [3.05, 3.63) is 35.9 Å². The van der Waals surface area contributed by atoms with Gasteiger partial charge >= 0.3 is 0 Å². The van der Waals surface area contributed by atoms with E-state index in [1.165, 1.54) is 0 Å². The summed E-state index contributed by atoms with van der Waals surface area (Å²) in [5.41, 5.74) is 0.940. The number of sulfonamides is 1. The molecule has 102 valence electrons. The van der Waals surface area contributed by atoms with E-state index in [0.717, 1.165) is 5.56 Å². The van der Waals surface area contributed by atoms with Crippen LogP contribution in [0.25, 0.3) is 0 Å². The van der Waals surface area contributed by atoms with Crippen LogP contribution in [0.2, 0.25) is 0 Å². The number of rotatable bonds is 7. The minimum Gasteiger partial charge on any atom is -0.381 e. The van der Waals surface area contributed by atoms with E-state index in [-0.39, 0.29) is 11.7 Å². The average molecular weight is 271 g/mol. The zero-order valence-corrected chi connectivity index (χ0v) is 11.7. The lowest BCUT2D eigenvalue weighted by Gasteiger charge is -2.17. The van der Waals surface area contributed by atoms with Gasteiger partial charge in [0.1, 0.15) is 0 Å². The Labute approximate surface area is 109 Å². The Morgan fingerprint density at radius 3 is 2.28 bits per heavy atom. The zero-order chi connectivity index (χ0) is 13.6. The largest absolute Gasteiger partial charge is 0.381 e. The van der Waals surface area contributed by atoms with Crippen LogP contribution in [-0.4, -0.2) is 27.4 Å². The second-order valence-corrected chi connectivity index (χ2v) is 6.53. The molecule has 1 rings (SSSR count). The van der Waals surface area contributed by atoms with E-state index in [9.17, 15) is 8.42 Å². The summed E-state index contributed by atoms with van der Waals surface area (Å²) >= 11 is 0. The Balaban J connectivity index is 2.70. The molecule has 0 fully saturated rings. The number of primary sulfonamides is 1. The summed E-state index contributed by atoms with van der Waals surface area (Å²) in [5.74, 6) is 0.130. The molecule has 0 bridgehead atoms. The van der Waals surface area contributed by atoms with E-state index < -0.39 is 10.0 Å². The van der Waals surface area contributed by atoms with Gasteiger partial charge in [-0.15, -0.1) is 0 Å². The van der Waals surface area contributed by atoms with Crippen molar-refractivity contribution in [3.8, 4) is 0 Å². The summed E-state index contributed by atoms with van der Waals surface area (Å²) in [5, 5.41) is 5.12. The van der Waals surface area contributed by atoms with Gasteiger partial charge in [0.15, 0.2) is 0 Å². The second kappa shape index (κ2) is 6.87. The molecule has 0 radical (unpaired) electrons. The zero-order valence-electron chi connectivity index (χ0n) is 10.9. The Hall–Kier alpha value is -0.910. The first kappa shape index (κ1) is 15.1. The van der Waals surface area contributed by atoms with Gasteiger partial charge in [0.2, 0.25) is 10.0 Å². The van der Waals surface area contributed by atoms with Gasteiger partial charge < -0.3 is 4.74 Å². The Kier molecular flexibility index (Phi) is 5.78. The lowest BCUT2D eigenvalue weighted by molar-refractivity contribution is 0.101. The van der Waals surface area contributed by atoms with Crippen molar-refractivity contribution in [2.75, 3.05) is 19.0 Å². The SMILES string of the molecule is CC(C)COCC(CS(N)(=O)=O)c1ccccc1. The summed E-state index contributed by atoms with van der Waals surface area (Å²) in [6, 6.07) is 9.46. The molecule has 1 aromatic rings. The number of nitrogens with two attached hydrogens (primary N) is 1. The monoisotopic (exact) mass is 271 g/mol. The summed E-state index contributed by atoms with van der Waals surface area (Å²) in [4.78, 5) is 0. The van der Waals surface area contributed by atoms with E-state index in [2.05, 4.69) is 13.8 Å². The quantitative estimate of drug-likeness (QED) is 0.821. The molecule has 1 atom stereocenters. The maximum absolute atomic E-state index is 11.2. The molecule has 0 aliphatic heterocycles. The van der Waals surface area contributed by atoms with Crippen LogP contribution in [0.3, 0.4) is 0 Å².